The molecule has 1 aromatic rings. The van der Waals surface area contributed by atoms with E-state index in [9.17, 15) is 0 Å². The average Bonchev–Trinajstić information content (AvgIpc) is 2.87. The Morgan fingerprint density at radius 2 is 2.12 bits per heavy atom. The van der Waals surface area contributed by atoms with Gasteiger partial charge in [-0.15, -0.1) is 0 Å². The molecule has 0 spiro atoms. The Labute approximate surface area is 102 Å². The van der Waals surface area contributed by atoms with E-state index in [-0.39, 0.29) is 0 Å². The van der Waals surface area contributed by atoms with Gasteiger partial charge in [-0.25, -0.2) is 4.98 Å². The predicted octanol–water partition coefficient (Wildman–Crippen LogP) is 2.72. The van der Waals surface area contributed by atoms with E-state index in [4.69, 9.17) is 5.26 Å². The Bertz CT molecular complexity index is 449. The first-order valence-corrected chi connectivity index (χ1v) is 6.52. The molecular formula is C14H17N3. The van der Waals surface area contributed by atoms with Crippen molar-refractivity contribution in [3.8, 4) is 6.07 Å². The number of aromatic nitrogens is 1. The van der Waals surface area contributed by atoms with Crippen molar-refractivity contribution in [1.82, 2.24) is 4.98 Å². The third kappa shape index (κ3) is 1.88. The number of nitrogens with zero attached hydrogens (tertiary/aromatic N) is 3. The van der Waals surface area contributed by atoms with Crippen LogP contribution in [0, 0.1) is 17.2 Å². The summed E-state index contributed by atoms with van der Waals surface area (Å²) in [6.45, 7) is 1.10. The van der Waals surface area contributed by atoms with Crippen LogP contribution < -0.4 is 4.90 Å². The molecule has 1 aliphatic heterocycles. The lowest BCUT2D eigenvalue weighted by Gasteiger charge is -2.38. The molecule has 2 aliphatic rings. The second-order valence-corrected chi connectivity index (χ2v) is 5.09. The molecular weight excluding hydrogens is 210 g/mol. The van der Waals surface area contributed by atoms with Gasteiger partial charge in [0.2, 0.25) is 0 Å². The van der Waals surface area contributed by atoms with E-state index in [1.54, 1.807) is 6.07 Å². The minimum absolute atomic E-state index is 0.530. The molecule has 88 valence electrons. The van der Waals surface area contributed by atoms with E-state index in [2.05, 4.69) is 16.0 Å². The first-order valence-electron chi connectivity index (χ1n) is 6.52. The molecule has 17 heavy (non-hydrogen) atoms. The standard InChI is InChI=1S/C14H17N3/c15-10-12-6-2-8-14(16-12)17-9-3-5-11-4-1-7-13(11)17/h2,6,8,11,13H,1,3-5,7,9H2. The summed E-state index contributed by atoms with van der Waals surface area (Å²) in [5, 5.41) is 8.92. The van der Waals surface area contributed by atoms with Gasteiger partial charge in [0.25, 0.3) is 0 Å². The minimum Gasteiger partial charge on any atom is -0.353 e. The molecule has 2 heterocycles. The van der Waals surface area contributed by atoms with E-state index in [0.717, 1.165) is 18.3 Å². The molecule has 0 aromatic carbocycles. The lowest BCUT2D eigenvalue weighted by molar-refractivity contribution is 0.360. The van der Waals surface area contributed by atoms with Crippen LogP contribution in [0.3, 0.4) is 0 Å². The maximum atomic E-state index is 8.92. The first kappa shape index (κ1) is 10.6. The SMILES string of the molecule is N#Cc1cccc(N2CCCC3CCCC32)n1. The monoisotopic (exact) mass is 227 g/mol. The van der Waals surface area contributed by atoms with Gasteiger partial charge in [0.05, 0.1) is 0 Å². The van der Waals surface area contributed by atoms with E-state index in [0.29, 0.717) is 11.7 Å². The summed E-state index contributed by atoms with van der Waals surface area (Å²) in [7, 11) is 0. The summed E-state index contributed by atoms with van der Waals surface area (Å²) in [5.74, 6) is 1.86. The topological polar surface area (TPSA) is 39.9 Å². The zero-order valence-corrected chi connectivity index (χ0v) is 9.97. The Morgan fingerprint density at radius 3 is 3.00 bits per heavy atom. The quantitative estimate of drug-likeness (QED) is 0.740. The van der Waals surface area contributed by atoms with Crippen molar-refractivity contribution in [2.45, 2.75) is 38.1 Å². The van der Waals surface area contributed by atoms with Crippen LogP contribution in [0.5, 0.6) is 0 Å². The molecule has 0 radical (unpaired) electrons. The van der Waals surface area contributed by atoms with Gasteiger partial charge >= 0.3 is 0 Å². The highest BCUT2D eigenvalue weighted by atomic mass is 15.2. The van der Waals surface area contributed by atoms with Gasteiger partial charge in [0, 0.05) is 12.6 Å². The molecule has 1 aliphatic carbocycles. The maximum absolute atomic E-state index is 8.92. The molecule has 1 saturated heterocycles. The molecule has 0 amide bonds. The molecule has 3 heteroatoms. The highest BCUT2D eigenvalue weighted by Crippen LogP contribution is 2.38. The number of anilines is 1. The van der Waals surface area contributed by atoms with Gasteiger partial charge in [0.15, 0.2) is 0 Å². The van der Waals surface area contributed by atoms with Crippen LogP contribution in [0.4, 0.5) is 5.82 Å². The van der Waals surface area contributed by atoms with Gasteiger partial charge < -0.3 is 4.90 Å². The molecule has 0 N–H and O–H groups in total. The van der Waals surface area contributed by atoms with E-state index < -0.39 is 0 Å². The fourth-order valence-corrected chi connectivity index (χ4v) is 3.38. The second kappa shape index (κ2) is 4.37. The molecule has 1 saturated carbocycles. The Balaban J connectivity index is 1.89. The Hall–Kier alpha value is -1.56. The van der Waals surface area contributed by atoms with Crippen molar-refractivity contribution in [3.05, 3.63) is 23.9 Å². The summed E-state index contributed by atoms with van der Waals surface area (Å²) >= 11 is 0. The number of rotatable bonds is 1. The van der Waals surface area contributed by atoms with Crippen LogP contribution in [0.1, 0.15) is 37.8 Å². The fraction of sp³-hybridized carbons (Fsp3) is 0.571. The van der Waals surface area contributed by atoms with Crippen molar-refractivity contribution in [2.24, 2.45) is 5.92 Å². The van der Waals surface area contributed by atoms with E-state index in [1.165, 1.54) is 32.1 Å². The number of hydrogen-bond donors (Lipinski definition) is 0. The fourth-order valence-electron chi connectivity index (χ4n) is 3.38. The maximum Gasteiger partial charge on any atom is 0.142 e. The minimum atomic E-state index is 0.530. The summed E-state index contributed by atoms with van der Waals surface area (Å²) in [4.78, 5) is 6.87. The number of hydrogen-bond acceptors (Lipinski definition) is 3. The lowest BCUT2D eigenvalue weighted by atomic mass is 9.92. The normalized spacial score (nSPS) is 27.6. The smallest absolute Gasteiger partial charge is 0.142 e. The highest BCUT2D eigenvalue weighted by Gasteiger charge is 2.35. The second-order valence-electron chi connectivity index (χ2n) is 5.09. The molecule has 3 nitrogen and oxygen atoms in total. The molecule has 0 bridgehead atoms. The van der Waals surface area contributed by atoms with Crippen molar-refractivity contribution in [3.63, 3.8) is 0 Å². The van der Waals surface area contributed by atoms with Crippen molar-refractivity contribution >= 4 is 5.82 Å². The van der Waals surface area contributed by atoms with E-state index >= 15 is 0 Å². The Morgan fingerprint density at radius 1 is 1.24 bits per heavy atom. The molecule has 2 atom stereocenters. The van der Waals surface area contributed by atoms with Gasteiger partial charge in [-0.05, 0) is 43.7 Å². The lowest BCUT2D eigenvalue weighted by Crippen LogP contribution is -2.43. The number of pyridine rings is 1. The Kier molecular flexibility index (Phi) is 2.72. The van der Waals surface area contributed by atoms with Crippen LogP contribution >= 0.6 is 0 Å². The van der Waals surface area contributed by atoms with Crippen LogP contribution in [0.15, 0.2) is 18.2 Å². The summed E-state index contributed by atoms with van der Waals surface area (Å²) in [6, 6.07) is 8.56. The van der Waals surface area contributed by atoms with Gasteiger partial charge in [-0.2, -0.15) is 5.26 Å². The zero-order chi connectivity index (χ0) is 11.7. The van der Waals surface area contributed by atoms with Crippen molar-refractivity contribution < 1.29 is 0 Å². The summed E-state index contributed by atoms with van der Waals surface area (Å²) in [6.07, 6.45) is 6.66. The molecule has 3 rings (SSSR count). The van der Waals surface area contributed by atoms with Crippen LogP contribution in [-0.2, 0) is 0 Å². The number of piperidine rings is 1. The largest absolute Gasteiger partial charge is 0.353 e. The first-order chi connectivity index (χ1) is 8.38. The summed E-state index contributed by atoms with van der Waals surface area (Å²) < 4.78 is 0. The zero-order valence-electron chi connectivity index (χ0n) is 9.97. The molecule has 2 fully saturated rings. The third-order valence-corrected chi connectivity index (χ3v) is 4.14. The molecule has 2 unspecified atom stereocenters. The van der Waals surface area contributed by atoms with Gasteiger partial charge in [-0.3, -0.25) is 0 Å². The average molecular weight is 227 g/mol. The van der Waals surface area contributed by atoms with E-state index in [1.807, 2.05) is 12.1 Å². The number of fused-ring (bicyclic) bond motifs is 1. The number of nitriles is 1. The van der Waals surface area contributed by atoms with Crippen molar-refractivity contribution in [2.75, 3.05) is 11.4 Å². The van der Waals surface area contributed by atoms with Crippen LogP contribution in [0.25, 0.3) is 0 Å². The van der Waals surface area contributed by atoms with Crippen molar-refractivity contribution in [1.29, 1.82) is 5.26 Å². The predicted molar refractivity (Wildman–Crippen MR) is 66.7 cm³/mol. The highest BCUT2D eigenvalue weighted by molar-refractivity contribution is 5.43. The van der Waals surface area contributed by atoms with Crippen LogP contribution in [0.2, 0.25) is 0 Å². The van der Waals surface area contributed by atoms with Crippen LogP contribution in [-0.4, -0.2) is 17.6 Å². The third-order valence-electron chi connectivity index (χ3n) is 4.14. The van der Waals surface area contributed by atoms with Gasteiger partial charge in [0.1, 0.15) is 17.6 Å². The summed E-state index contributed by atoms with van der Waals surface area (Å²) in [5.41, 5.74) is 0.530. The van der Waals surface area contributed by atoms with Gasteiger partial charge in [-0.1, -0.05) is 12.5 Å². The molecule has 1 aromatic heterocycles.